The highest BCUT2D eigenvalue weighted by atomic mass is 19.3. The molecule has 0 radical (unpaired) electrons. The first-order chi connectivity index (χ1) is 5.02. The van der Waals surface area contributed by atoms with Crippen LogP contribution in [0.25, 0.3) is 0 Å². The Morgan fingerprint density at radius 1 is 1.27 bits per heavy atom. The summed E-state index contributed by atoms with van der Waals surface area (Å²) in [7, 11) is 0. The van der Waals surface area contributed by atoms with Crippen molar-refractivity contribution in [3.05, 3.63) is 35.4 Å². The van der Waals surface area contributed by atoms with E-state index in [1.807, 2.05) is 0 Å². The quantitative estimate of drug-likeness (QED) is 0.620. The van der Waals surface area contributed by atoms with E-state index >= 15 is 0 Å². The Kier molecular flexibility index (Phi) is 1.91. The molecular weight excluding hydrogens is 148 g/mol. The van der Waals surface area contributed by atoms with E-state index in [0.29, 0.717) is 5.56 Å². The Labute approximate surface area is 63.8 Å². The standard InChI is InChI=1S/C8H9F2N/c1-6-4-2-3-5-7(6)8(9,10)11/h2-5H,11H2,1H3. The lowest BCUT2D eigenvalue weighted by Gasteiger charge is -2.12. The second kappa shape index (κ2) is 2.58. The Morgan fingerprint density at radius 2 is 1.82 bits per heavy atom. The monoisotopic (exact) mass is 157 g/mol. The minimum atomic E-state index is -3.22. The zero-order valence-electron chi connectivity index (χ0n) is 6.14. The van der Waals surface area contributed by atoms with E-state index in [9.17, 15) is 8.78 Å². The molecule has 60 valence electrons. The van der Waals surface area contributed by atoms with Crippen molar-refractivity contribution >= 4 is 0 Å². The minimum absolute atomic E-state index is 0.111. The maximum atomic E-state index is 12.5. The summed E-state index contributed by atoms with van der Waals surface area (Å²) in [4.78, 5) is 0. The summed E-state index contributed by atoms with van der Waals surface area (Å²) in [6.45, 7) is 1.61. The molecule has 0 heterocycles. The van der Waals surface area contributed by atoms with Crippen LogP contribution in [-0.4, -0.2) is 0 Å². The molecule has 0 aliphatic carbocycles. The van der Waals surface area contributed by atoms with Gasteiger partial charge in [0, 0.05) is 5.56 Å². The SMILES string of the molecule is Cc1ccccc1C(N)(F)F. The highest BCUT2D eigenvalue weighted by Crippen LogP contribution is 2.23. The predicted octanol–water partition coefficient (Wildman–Crippen LogP) is 2.00. The van der Waals surface area contributed by atoms with Crippen molar-refractivity contribution in [1.29, 1.82) is 0 Å². The molecule has 0 amide bonds. The molecule has 0 spiro atoms. The molecule has 0 unspecified atom stereocenters. The highest BCUT2D eigenvalue weighted by molar-refractivity contribution is 5.28. The lowest BCUT2D eigenvalue weighted by atomic mass is 10.1. The zero-order chi connectivity index (χ0) is 8.48. The summed E-state index contributed by atoms with van der Waals surface area (Å²) < 4.78 is 25.0. The molecule has 1 rings (SSSR count). The van der Waals surface area contributed by atoms with E-state index in [1.165, 1.54) is 6.07 Å². The summed E-state index contributed by atoms with van der Waals surface area (Å²) >= 11 is 0. The van der Waals surface area contributed by atoms with Crippen LogP contribution in [0.3, 0.4) is 0 Å². The molecule has 0 atom stereocenters. The third-order valence-electron chi connectivity index (χ3n) is 1.50. The lowest BCUT2D eigenvalue weighted by molar-refractivity contribution is 0.00236. The predicted molar refractivity (Wildman–Crippen MR) is 39.3 cm³/mol. The summed E-state index contributed by atoms with van der Waals surface area (Å²) in [5.74, 6) is 0. The van der Waals surface area contributed by atoms with Gasteiger partial charge in [0.05, 0.1) is 0 Å². The average molecular weight is 157 g/mol. The van der Waals surface area contributed by atoms with Crippen molar-refractivity contribution in [3.8, 4) is 0 Å². The van der Waals surface area contributed by atoms with Crippen LogP contribution in [0.4, 0.5) is 8.78 Å². The number of benzene rings is 1. The molecule has 0 fully saturated rings. The number of rotatable bonds is 1. The normalized spacial score (nSPS) is 11.6. The van der Waals surface area contributed by atoms with Crippen molar-refractivity contribution in [1.82, 2.24) is 0 Å². The molecule has 1 aromatic rings. The van der Waals surface area contributed by atoms with Gasteiger partial charge in [-0.2, -0.15) is 8.78 Å². The Bertz CT molecular complexity index is 253. The van der Waals surface area contributed by atoms with E-state index in [1.54, 1.807) is 25.1 Å². The molecule has 0 aliphatic heterocycles. The Morgan fingerprint density at radius 3 is 2.18 bits per heavy atom. The van der Waals surface area contributed by atoms with Crippen LogP contribution in [0.15, 0.2) is 24.3 Å². The molecule has 11 heavy (non-hydrogen) atoms. The van der Waals surface area contributed by atoms with E-state index < -0.39 is 6.05 Å². The van der Waals surface area contributed by atoms with Crippen LogP contribution in [0.5, 0.6) is 0 Å². The van der Waals surface area contributed by atoms with Crippen LogP contribution in [0.1, 0.15) is 11.1 Å². The van der Waals surface area contributed by atoms with Crippen molar-refractivity contribution in [2.45, 2.75) is 13.0 Å². The number of halogens is 2. The molecule has 1 nitrogen and oxygen atoms in total. The maximum Gasteiger partial charge on any atom is 0.327 e. The highest BCUT2D eigenvalue weighted by Gasteiger charge is 2.26. The second-order valence-electron chi connectivity index (χ2n) is 2.44. The fourth-order valence-electron chi connectivity index (χ4n) is 0.947. The number of hydrogen-bond donors (Lipinski definition) is 1. The largest absolute Gasteiger partial charge is 0.327 e. The van der Waals surface area contributed by atoms with Gasteiger partial charge in [-0.25, -0.2) is 0 Å². The first kappa shape index (κ1) is 8.14. The topological polar surface area (TPSA) is 26.0 Å². The number of nitrogens with two attached hydrogens (primary N) is 1. The van der Waals surface area contributed by atoms with Gasteiger partial charge >= 0.3 is 6.05 Å². The average Bonchev–Trinajstić information content (AvgIpc) is 1.86. The van der Waals surface area contributed by atoms with Crippen LogP contribution in [0, 0.1) is 6.92 Å². The summed E-state index contributed by atoms with van der Waals surface area (Å²) in [5, 5.41) is 0. The van der Waals surface area contributed by atoms with Gasteiger partial charge in [-0.15, -0.1) is 0 Å². The van der Waals surface area contributed by atoms with Crippen molar-refractivity contribution in [2.75, 3.05) is 0 Å². The summed E-state index contributed by atoms with van der Waals surface area (Å²) in [5.41, 5.74) is 5.03. The molecular formula is C8H9F2N. The van der Waals surface area contributed by atoms with Crippen molar-refractivity contribution < 1.29 is 8.78 Å². The van der Waals surface area contributed by atoms with Crippen molar-refractivity contribution in [3.63, 3.8) is 0 Å². The van der Waals surface area contributed by atoms with Crippen LogP contribution < -0.4 is 5.73 Å². The minimum Gasteiger partial charge on any atom is -0.268 e. The molecule has 3 heteroatoms. The first-order valence-electron chi connectivity index (χ1n) is 3.24. The summed E-state index contributed by atoms with van der Waals surface area (Å²) in [6, 6.07) is 2.96. The van der Waals surface area contributed by atoms with Gasteiger partial charge in [0.1, 0.15) is 0 Å². The van der Waals surface area contributed by atoms with E-state index in [-0.39, 0.29) is 5.56 Å². The molecule has 1 aromatic carbocycles. The van der Waals surface area contributed by atoms with E-state index in [2.05, 4.69) is 5.73 Å². The lowest BCUT2D eigenvalue weighted by Crippen LogP contribution is -2.26. The van der Waals surface area contributed by atoms with Crippen LogP contribution in [-0.2, 0) is 6.05 Å². The fraction of sp³-hybridized carbons (Fsp3) is 0.250. The molecule has 0 saturated heterocycles. The van der Waals surface area contributed by atoms with Gasteiger partial charge in [-0.3, -0.25) is 5.73 Å². The van der Waals surface area contributed by atoms with Gasteiger partial charge in [-0.05, 0) is 12.5 Å². The van der Waals surface area contributed by atoms with Gasteiger partial charge in [-0.1, -0.05) is 24.3 Å². The van der Waals surface area contributed by atoms with E-state index in [0.717, 1.165) is 0 Å². The first-order valence-corrected chi connectivity index (χ1v) is 3.24. The molecule has 2 N–H and O–H groups in total. The Balaban J connectivity index is 3.14. The molecule has 0 aliphatic rings. The van der Waals surface area contributed by atoms with E-state index in [4.69, 9.17) is 0 Å². The number of aryl methyl sites for hydroxylation is 1. The maximum absolute atomic E-state index is 12.5. The third kappa shape index (κ3) is 1.74. The van der Waals surface area contributed by atoms with Crippen LogP contribution in [0.2, 0.25) is 0 Å². The van der Waals surface area contributed by atoms with Gasteiger partial charge in [0.25, 0.3) is 0 Å². The van der Waals surface area contributed by atoms with Gasteiger partial charge < -0.3 is 0 Å². The third-order valence-corrected chi connectivity index (χ3v) is 1.50. The zero-order valence-corrected chi connectivity index (χ0v) is 6.14. The van der Waals surface area contributed by atoms with Crippen LogP contribution >= 0.6 is 0 Å². The van der Waals surface area contributed by atoms with Gasteiger partial charge in [0.15, 0.2) is 0 Å². The molecule has 0 saturated carbocycles. The van der Waals surface area contributed by atoms with Gasteiger partial charge in [0.2, 0.25) is 0 Å². The smallest absolute Gasteiger partial charge is 0.268 e. The molecule has 0 aromatic heterocycles. The summed E-state index contributed by atoms with van der Waals surface area (Å²) in [6.07, 6.45) is 0. The Hall–Kier alpha value is -0.960. The fourth-order valence-corrected chi connectivity index (χ4v) is 0.947. The van der Waals surface area contributed by atoms with Crippen molar-refractivity contribution in [2.24, 2.45) is 5.73 Å². The molecule has 0 bridgehead atoms. The number of alkyl halides is 2. The number of hydrogen-bond acceptors (Lipinski definition) is 1. The second-order valence-corrected chi connectivity index (χ2v) is 2.44.